The molecule has 0 amide bonds. The number of rotatable bonds is 6. The lowest BCUT2D eigenvalue weighted by Gasteiger charge is -2.23. The number of ether oxygens (including phenoxy) is 3. The molecule has 1 atom stereocenters. The monoisotopic (exact) mass is 297 g/mol. The number of hydrogen-bond donors (Lipinski definition) is 3. The van der Waals surface area contributed by atoms with Crippen LogP contribution in [0, 0.1) is 0 Å². The molecule has 0 saturated heterocycles. The second kappa shape index (κ2) is 7.14. The number of aliphatic hydroxyl groups is 2. The number of carbonyl (C=O) groups is 1. The lowest BCUT2D eigenvalue weighted by Crippen LogP contribution is -2.24. The Balaban J connectivity index is 2.26. The lowest BCUT2D eigenvalue weighted by molar-refractivity contribution is 0.0516. The Kier molecular flexibility index (Phi) is 5.24. The number of anilines is 1. The summed E-state index contributed by atoms with van der Waals surface area (Å²) in [5.74, 6) is 0.279. The molecule has 7 nitrogen and oxygen atoms in total. The number of esters is 1. The molecule has 21 heavy (non-hydrogen) atoms. The van der Waals surface area contributed by atoms with Gasteiger partial charge in [-0.15, -0.1) is 0 Å². The van der Waals surface area contributed by atoms with Gasteiger partial charge < -0.3 is 29.7 Å². The van der Waals surface area contributed by atoms with E-state index in [1.807, 2.05) is 0 Å². The zero-order valence-electron chi connectivity index (χ0n) is 11.8. The van der Waals surface area contributed by atoms with Crippen molar-refractivity contribution in [3.63, 3.8) is 0 Å². The maximum absolute atomic E-state index is 11.9. The average Bonchev–Trinajstić information content (AvgIpc) is 2.52. The number of aliphatic hydroxyl groups excluding tert-OH is 2. The summed E-state index contributed by atoms with van der Waals surface area (Å²) in [5, 5.41) is 21.2. The third-order valence-electron chi connectivity index (χ3n) is 2.92. The van der Waals surface area contributed by atoms with Gasteiger partial charge in [0.2, 0.25) is 0 Å². The summed E-state index contributed by atoms with van der Waals surface area (Å²) >= 11 is 0. The van der Waals surface area contributed by atoms with Gasteiger partial charge in [0, 0.05) is 6.54 Å². The molecule has 1 aromatic rings. The number of fused-ring (bicyclic) bond motifs is 1. The number of hydrogen-bond acceptors (Lipinski definition) is 7. The quantitative estimate of drug-likeness (QED) is 0.654. The van der Waals surface area contributed by atoms with Crippen molar-refractivity contribution < 1.29 is 29.2 Å². The predicted molar refractivity (Wildman–Crippen MR) is 75.0 cm³/mol. The summed E-state index contributed by atoms with van der Waals surface area (Å²) in [6.45, 7) is 2.54. The summed E-state index contributed by atoms with van der Waals surface area (Å²) in [6, 6.07) is 3.24. The Morgan fingerprint density at radius 2 is 2.10 bits per heavy atom. The molecule has 3 N–H and O–H groups in total. The van der Waals surface area contributed by atoms with Gasteiger partial charge in [-0.3, -0.25) is 0 Å². The molecule has 7 heteroatoms. The smallest absolute Gasteiger partial charge is 0.342 e. The minimum atomic E-state index is -0.880. The molecule has 1 heterocycles. The first-order chi connectivity index (χ1) is 10.2. The van der Waals surface area contributed by atoms with Crippen LogP contribution in [0.5, 0.6) is 11.5 Å². The van der Waals surface area contributed by atoms with E-state index in [1.54, 1.807) is 19.1 Å². The molecule has 0 fully saturated rings. The topological polar surface area (TPSA) is 97.3 Å². The standard InChI is InChI=1S/C14H19NO6/c1-2-19-14(18)10-3-4-11(15-7-9(17)8-16)13-12(10)20-5-6-21-13/h3-4,9,15-17H,2,5-8H2,1H3. The van der Waals surface area contributed by atoms with Gasteiger partial charge in [0.05, 0.1) is 25.0 Å². The van der Waals surface area contributed by atoms with Gasteiger partial charge in [0.15, 0.2) is 11.5 Å². The summed E-state index contributed by atoms with van der Waals surface area (Å²) in [4.78, 5) is 11.9. The molecular formula is C14H19NO6. The molecule has 1 aliphatic rings. The van der Waals surface area contributed by atoms with Crippen LogP contribution in [0.1, 0.15) is 17.3 Å². The largest absolute Gasteiger partial charge is 0.485 e. The second-order valence-corrected chi connectivity index (χ2v) is 4.45. The minimum absolute atomic E-state index is 0.158. The Bertz CT molecular complexity index is 504. The molecule has 1 aromatic carbocycles. The van der Waals surface area contributed by atoms with Crippen LogP contribution >= 0.6 is 0 Å². The molecule has 2 rings (SSSR count). The highest BCUT2D eigenvalue weighted by Crippen LogP contribution is 2.40. The number of carbonyl (C=O) groups excluding carboxylic acids is 1. The van der Waals surface area contributed by atoms with Gasteiger partial charge in [-0.2, -0.15) is 0 Å². The fourth-order valence-electron chi connectivity index (χ4n) is 1.94. The third-order valence-corrected chi connectivity index (χ3v) is 2.92. The lowest BCUT2D eigenvalue weighted by atomic mass is 10.1. The van der Waals surface area contributed by atoms with Crippen molar-refractivity contribution in [2.45, 2.75) is 13.0 Å². The zero-order chi connectivity index (χ0) is 15.2. The van der Waals surface area contributed by atoms with Gasteiger partial charge in [0.25, 0.3) is 0 Å². The summed E-state index contributed by atoms with van der Waals surface area (Å²) in [7, 11) is 0. The van der Waals surface area contributed by atoms with Crippen LogP contribution in [0.25, 0.3) is 0 Å². The first-order valence-electron chi connectivity index (χ1n) is 6.79. The van der Waals surface area contributed by atoms with Crippen LogP contribution in [0.15, 0.2) is 12.1 Å². The first-order valence-corrected chi connectivity index (χ1v) is 6.79. The van der Waals surface area contributed by atoms with E-state index in [1.165, 1.54) is 0 Å². The molecule has 0 saturated carbocycles. The first kappa shape index (κ1) is 15.4. The molecule has 0 spiro atoms. The fourth-order valence-corrected chi connectivity index (χ4v) is 1.94. The van der Waals surface area contributed by atoms with Crippen molar-refractivity contribution in [2.24, 2.45) is 0 Å². The van der Waals surface area contributed by atoms with Crippen molar-refractivity contribution in [3.05, 3.63) is 17.7 Å². The number of benzene rings is 1. The predicted octanol–water partition coefficient (Wildman–Crippen LogP) is 0.400. The van der Waals surface area contributed by atoms with E-state index in [0.29, 0.717) is 36.0 Å². The van der Waals surface area contributed by atoms with Gasteiger partial charge in [0.1, 0.15) is 18.8 Å². The molecule has 0 aromatic heterocycles. The maximum Gasteiger partial charge on any atom is 0.342 e. The SMILES string of the molecule is CCOC(=O)c1ccc(NCC(O)CO)c2c1OCCO2. The van der Waals surface area contributed by atoms with Crippen molar-refractivity contribution in [3.8, 4) is 11.5 Å². The molecule has 0 radical (unpaired) electrons. The molecule has 116 valence electrons. The maximum atomic E-state index is 11.9. The Labute approximate surface area is 122 Å². The van der Waals surface area contributed by atoms with Crippen molar-refractivity contribution in [2.75, 3.05) is 38.3 Å². The van der Waals surface area contributed by atoms with E-state index in [9.17, 15) is 9.90 Å². The van der Waals surface area contributed by atoms with E-state index >= 15 is 0 Å². The van der Waals surface area contributed by atoms with Crippen molar-refractivity contribution in [1.29, 1.82) is 0 Å². The van der Waals surface area contributed by atoms with Crippen molar-refractivity contribution >= 4 is 11.7 Å². The molecular weight excluding hydrogens is 278 g/mol. The van der Waals surface area contributed by atoms with Crippen LogP contribution in [0.4, 0.5) is 5.69 Å². The Morgan fingerprint density at radius 1 is 1.38 bits per heavy atom. The molecule has 1 unspecified atom stereocenters. The van der Waals surface area contributed by atoms with Crippen LogP contribution in [0.3, 0.4) is 0 Å². The summed E-state index contributed by atoms with van der Waals surface area (Å²) in [5.41, 5.74) is 0.894. The van der Waals surface area contributed by atoms with E-state index in [4.69, 9.17) is 19.3 Å². The van der Waals surface area contributed by atoms with E-state index in [0.717, 1.165) is 0 Å². The van der Waals surface area contributed by atoms with E-state index in [-0.39, 0.29) is 19.8 Å². The van der Waals surface area contributed by atoms with Crippen LogP contribution < -0.4 is 14.8 Å². The van der Waals surface area contributed by atoms with Gasteiger partial charge in [-0.25, -0.2) is 4.79 Å². The number of nitrogens with one attached hydrogen (secondary N) is 1. The van der Waals surface area contributed by atoms with Gasteiger partial charge in [-0.1, -0.05) is 0 Å². The van der Waals surface area contributed by atoms with E-state index < -0.39 is 12.1 Å². The molecule has 0 aliphatic carbocycles. The highest BCUT2D eigenvalue weighted by atomic mass is 16.6. The second-order valence-electron chi connectivity index (χ2n) is 4.45. The highest BCUT2D eigenvalue weighted by molar-refractivity contribution is 5.95. The van der Waals surface area contributed by atoms with Gasteiger partial charge >= 0.3 is 5.97 Å². The summed E-state index contributed by atoms with van der Waals surface area (Å²) < 4.78 is 16.0. The normalized spacial score (nSPS) is 14.4. The summed E-state index contributed by atoms with van der Waals surface area (Å²) in [6.07, 6.45) is -0.880. The zero-order valence-corrected chi connectivity index (χ0v) is 11.8. The Morgan fingerprint density at radius 3 is 2.76 bits per heavy atom. The fraction of sp³-hybridized carbons (Fsp3) is 0.500. The van der Waals surface area contributed by atoms with E-state index in [2.05, 4.69) is 5.32 Å². The van der Waals surface area contributed by atoms with Gasteiger partial charge in [-0.05, 0) is 19.1 Å². The minimum Gasteiger partial charge on any atom is -0.485 e. The Hall–Kier alpha value is -1.99. The highest BCUT2D eigenvalue weighted by Gasteiger charge is 2.24. The van der Waals surface area contributed by atoms with Crippen molar-refractivity contribution in [1.82, 2.24) is 0 Å². The average molecular weight is 297 g/mol. The van der Waals surface area contributed by atoms with Crippen LogP contribution in [-0.2, 0) is 4.74 Å². The molecule has 1 aliphatic heterocycles. The van der Waals surface area contributed by atoms with Crippen LogP contribution in [-0.4, -0.2) is 55.3 Å². The molecule has 0 bridgehead atoms. The third kappa shape index (κ3) is 3.56. The van der Waals surface area contributed by atoms with Crippen LogP contribution in [0.2, 0.25) is 0 Å².